The fraction of sp³-hybridized carbons (Fsp3) is 0.500. The molecule has 0 amide bonds. The van der Waals surface area contributed by atoms with Crippen LogP contribution >= 0.6 is 0 Å². The average molecular weight is 268 g/mol. The molecule has 0 aliphatic heterocycles. The fourth-order valence-corrected chi connectivity index (χ4v) is 3.63. The fourth-order valence-electron chi connectivity index (χ4n) is 3.63. The molecule has 2 atom stereocenters. The largest absolute Gasteiger partial charge is 0.367 e. The molecular formula is C18H24N2. The summed E-state index contributed by atoms with van der Waals surface area (Å²) in [6, 6.07) is 11.2. The summed E-state index contributed by atoms with van der Waals surface area (Å²) in [5.74, 6) is 2.70. The Kier molecular flexibility index (Phi) is 3.64. The van der Waals surface area contributed by atoms with Crippen LogP contribution in [0.3, 0.4) is 0 Å². The van der Waals surface area contributed by atoms with Gasteiger partial charge in [0.1, 0.15) is 5.82 Å². The van der Waals surface area contributed by atoms with Gasteiger partial charge in [0, 0.05) is 11.4 Å². The number of aryl methyl sites for hydroxylation is 1. The minimum absolute atomic E-state index is 0.570. The summed E-state index contributed by atoms with van der Waals surface area (Å²) < 4.78 is 0. The van der Waals surface area contributed by atoms with Gasteiger partial charge in [-0.2, -0.15) is 0 Å². The zero-order valence-corrected chi connectivity index (χ0v) is 12.7. The van der Waals surface area contributed by atoms with Gasteiger partial charge in [0.2, 0.25) is 0 Å². The number of rotatable bonds is 2. The van der Waals surface area contributed by atoms with Gasteiger partial charge >= 0.3 is 0 Å². The van der Waals surface area contributed by atoms with Gasteiger partial charge in [-0.1, -0.05) is 32.0 Å². The Morgan fingerprint density at radius 1 is 1.05 bits per heavy atom. The summed E-state index contributed by atoms with van der Waals surface area (Å²) in [7, 11) is 0. The number of nitrogens with one attached hydrogen (secondary N) is 1. The molecule has 2 heteroatoms. The van der Waals surface area contributed by atoms with Gasteiger partial charge in [-0.15, -0.1) is 0 Å². The molecule has 0 saturated heterocycles. The van der Waals surface area contributed by atoms with Gasteiger partial charge in [0.15, 0.2) is 0 Å². The predicted molar refractivity (Wildman–Crippen MR) is 86.1 cm³/mol. The molecule has 1 heterocycles. The van der Waals surface area contributed by atoms with Crippen LogP contribution in [0.5, 0.6) is 0 Å². The third-order valence-electron chi connectivity index (χ3n) is 4.43. The first-order valence-electron chi connectivity index (χ1n) is 7.74. The van der Waals surface area contributed by atoms with Crippen molar-refractivity contribution >= 4 is 16.7 Å². The maximum absolute atomic E-state index is 4.81. The maximum atomic E-state index is 4.81. The zero-order valence-electron chi connectivity index (χ0n) is 12.7. The molecular weight excluding hydrogens is 244 g/mol. The summed E-state index contributed by atoms with van der Waals surface area (Å²) in [4.78, 5) is 4.81. The third-order valence-corrected chi connectivity index (χ3v) is 4.43. The lowest BCUT2D eigenvalue weighted by Crippen LogP contribution is -2.30. The zero-order chi connectivity index (χ0) is 14.1. The Bertz CT molecular complexity index is 595. The lowest BCUT2D eigenvalue weighted by atomic mass is 9.80. The molecule has 106 valence electrons. The van der Waals surface area contributed by atoms with E-state index in [1.54, 1.807) is 0 Å². The van der Waals surface area contributed by atoms with E-state index in [2.05, 4.69) is 56.4 Å². The summed E-state index contributed by atoms with van der Waals surface area (Å²) in [5, 5.41) is 4.91. The quantitative estimate of drug-likeness (QED) is 0.847. The van der Waals surface area contributed by atoms with Gasteiger partial charge in [-0.25, -0.2) is 4.98 Å². The molecule has 2 aromatic rings. The number of hydrogen-bond acceptors (Lipinski definition) is 2. The highest BCUT2D eigenvalue weighted by Gasteiger charge is 2.24. The van der Waals surface area contributed by atoms with Gasteiger partial charge < -0.3 is 5.32 Å². The minimum atomic E-state index is 0.570. The van der Waals surface area contributed by atoms with Crippen LogP contribution in [0, 0.1) is 18.8 Å². The second-order valence-electron chi connectivity index (χ2n) is 6.61. The standard InChI is InChI=1S/C18H24N2/c1-12-8-13(2)10-16(9-12)19-18-14(3)11-15-6-4-5-7-17(15)20-18/h4-7,11-13,16H,8-10H2,1-3H3,(H,19,20). The molecule has 1 aliphatic carbocycles. The number of para-hydroxylation sites is 1. The van der Waals surface area contributed by atoms with Crippen LogP contribution < -0.4 is 5.32 Å². The second kappa shape index (κ2) is 5.43. The monoisotopic (exact) mass is 268 g/mol. The van der Waals surface area contributed by atoms with Crippen LogP contribution in [-0.4, -0.2) is 11.0 Å². The van der Waals surface area contributed by atoms with E-state index in [1.807, 2.05) is 0 Å². The Hall–Kier alpha value is -1.57. The van der Waals surface area contributed by atoms with E-state index in [1.165, 1.54) is 30.2 Å². The second-order valence-corrected chi connectivity index (χ2v) is 6.61. The first kappa shape index (κ1) is 13.4. The van der Waals surface area contributed by atoms with E-state index in [0.717, 1.165) is 23.2 Å². The van der Waals surface area contributed by atoms with Crippen molar-refractivity contribution in [1.29, 1.82) is 0 Å². The molecule has 1 N–H and O–H groups in total. The highest BCUT2D eigenvalue weighted by molar-refractivity contribution is 5.81. The number of benzene rings is 1. The number of fused-ring (bicyclic) bond motifs is 1. The number of pyridine rings is 1. The number of aromatic nitrogens is 1. The van der Waals surface area contributed by atoms with Gasteiger partial charge in [-0.05, 0) is 55.7 Å². The molecule has 1 fully saturated rings. The van der Waals surface area contributed by atoms with Crippen molar-refractivity contribution in [3.63, 3.8) is 0 Å². The van der Waals surface area contributed by atoms with E-state index in [4.69, 9.17) is 4.98 Å². The number of nitrogens with zero attached hydrogens (tertiary/aromatic N) is 1. The van der Waals surface area contributed by atoms with Crippen LogP contribution in [0.25, 0.3) is 10.9 Å². The highest BCUT2D eigenvalue weighted by Crippen LogP contribution is 2.31. The molecule has 20 heavy (non-hydrogen) atoms. The van der Waals surface area contributed by atoms with E-state index in [9.17, 15) is 0 Å². The van der Waals surface area contributed by atoms with Crippen molar-refractivity contribution < 1.29 is 0 Å². The maximum Gasteiger partial charge on any atom is 0.129 e. The van der Waals surface area contributed by atoms with Gasteiger partial charge in [-0.3, -0.25) is 0 Å². The average Bonchev–Trinajstić information content (AvgIpc) is 2.38. The molecule has 3 rings (SSSR count). The summed E-state index contributed by atoms with van der Waals surface area (Å²) in [6.07, 6.45) is 3.89. The molecule has 2 unspecified atom stereocenters. The summed E-state index contributed by atoms with van der Waals surface area (Å²) in [5.41, 5.74) is 2.33. The third kappa shape index (κ3) is 2.79. The predicted octanol–water partition coefficient (Wildman–Crippen LogP) is 4.78. The molecule has 0 spiro atoms. The van der Waals surface area contributed by atoms with Gasteiger partial charge in [0.25, 0.3) is 0 Å². The van der Waals surface area contributed by atoms with E-state index < -0.39 is 0 Å². The smallest absolute Gasteiger partial charge is 0.129 e. The molecule has 1 aromatic carbocycles. The van der Waals surface area contributed by atoms with Gasteiger partial charge in [0.05, 0.1) is 5.52 Å². The van der Waals surface area contributed by atoms with Crippen LogP contribution in [-0.2, 0) is 0 Å². The SMILES string of the molecule is Cc1cc2ccccc2nc1NC1CC(C)CC(C)C1. The number of anilines is 1. The van der Waals surface area contributed by atoms with Crippen molar-refractivity contribution in [2.45, 2.75) is 46.1 Å². The topological polar surface area (TPSA) is 24.9 Å². The van der Waals surface area contributed by atoms with Crippen molar-refractivity contribution in [3.05, 3.63) is 35.9 Å². The normalized spacial score (nSPS) is 26.6. The van der Waals surface area contributed by atoms with Crippen molar-refractivity contribution in [3.8, 4) is 0 Å². The van der Waals surface area contributed by atoms with Crippen molar-refractivity contribution in [2.75, 3.05) is 5.32 Å². The first-order chi connectivity index (χ1) is 9.61. The molecule has 0 radical (unpaired) electrons. The molecule has 1 saturated carbocycles. The number of hydrogen-bond donors (Lipinski definition) is 1. The van der Waals surface area contributed by atoms with Crippen molar-refractivity contribution in [2.24, 2.45) is 11.8 Å². The first-order valence-corrected chi connectivity index (χ1v) is 7.74. The highest BCUT2D eigenvalue weighted by atomic mass is 15.0. The molecule has 2 nitrogen and oxygen atoms in total. The van der Waals surface area contributed by atoms with Crippen LogP contribution in [0.1, 0.15) is 38.7 Å². The van der Waals surface area contributed by atoms with Crippen LogP contribution in [0.2, 0.25) is 0 Å². The molecule has 0 bridgehead atoms. The molecule has 1 aliphatic rings. The van der Waals surface area contributed by atoms with Crippen LogP contribution in [0.4, 0.5) is 5.82 Å². The lowest BCUT2D eigenvalue weighted by molar-refractivity contribution is 0.280. The van der Waals surface area contributed by atoms with Crippen LogP contribution in [0.15, 0.2) is 30.3 Å². The van der Waals surface area contributed by atoms with E-state index in [0.29, 0.717) is 6.04 Å². The minimum Gasteiger partial charge on any atom is -0.367 e. The Labute approximate surface area is 121 Å². The molecule has 1 aromatic heterocycles. The van der Waals surface area contributed by atoms with E-state index in [-0.39, 0.29) is 0 Å². The van der Waals surface area contributed by atoms with E-state index >= 15 is 0 Å². The Balaban J connectivity index is 1.85. The Morgan fingerprint density at radius 3 is 2.50 bits per heavy atom. The Morgan fingerprint density at radius 2 is 1.75 bits per heavy atom. The summed E-state index contributed by atoms with van der Waals surface area (Å²) >= 11 is 0. The van der Waals surface area contributed by atoms with Crippen molar-refractivity contribution in [1.82, 2.24) is 4.98 Å². The lowest BCUT2D eigenvalue weighted by Gasteiger charge is -2.32. The summed E-state index contributed by atoms with van der Waals surface area (Å²) in [6.45, 7) is 6.88.